The number of anilines is 1. The molecule has 0 aliphatic carbocycles. The van der Waals surface area contributed by atoms with Crippen molar-refractivity contribution < 1.29 is 4.79 Å². The average Bonchev–Trinajstić information content (AvgIpc) is 3.15. The van der Waals surface area contributed by atoms with Crippen molar-refractivity contribution in [1.29, 1.82) is 0 Å². The predicted molar refractivity (Wildman–Crippen MR) is 116 cm³/mol. The Morgan fingerprint density at radius 2 is 1.43 bits per heavy atom. The number of nitrogens with one attached hydrogen (secondary N) is 2. The molecule has 28 heavy (non-hydrogen) atoms. The van der Waals surface area contributed by atoms with Crippen LogP contribution in [0.3, 0.4) is 0 Å². The summed E-state index contributed by atoms with van der Waals surface area (Å²) in [7, 11) is 0. The predicted octanol–water partition coefficient (Wildman–Crippen LogP) is 5.82. The fraction of sp³-hybridized carbons (Fsp3) is 0.130. The van der Waals surface area contributed by atoms with Crippen molar-refractivity contribution in [3.8, 4) is 0 Å². The summed E-state index contributed by atoms with van der Waals surface area (Å²) in [4.78, 5) is 17.4. The van der Waals surface area contributed by atoms with Gasteiger partial charge < -0.3 is 5.32 Å². The van der Waals surface area contributed by atoms with Crippen LogP contribution < -0.4 is 10.6 Å². The highest BCUT2D eigenvalue weighted by atomic mass is 32.1. The highest BCUT2D eigenvalue weighted by Crippen LogP contribution is 2.31. The molecule has 0 bridgehead atoms. The van der Waals surface area contributed by atoms with Crippen molar-refractivity contribution in [3.05, 3.63) is 95.1 Å². The highest BCUT2D eigenvalue weighted by molar-refractivity contribution is 7.22. The maximum atomic E-state index is 12.8. The van der Waals surface area contributed by atoms with Gasteiger partial charge in [0, 0.05) is 0 Å². The van der Waals surface area contributed by atoms with E-state index in [1.807, 2.05) is 67.6 Å². The number of amides is 2. The van der Waals surface area contributed by atoms with E-state index in [4.69, 9.17) is 0 Å². The number of aryl methyl sites for hydroxylation is 2. The number of fused-ring (bicyclic) bond motifs is 1. The molecular formula is C23H21N3OS. The molecule has 2 N–H and O–H groups in total. The molecule has 5 heteroatoms. The molecule has 140 valence electrons. The Morgan fingerprint density at radius 1 is 0.857 bits per heavy atom. The van der Waals surface area contributed by atoms with Crippen LogP contribution in [0.5, 0.6) is 0 Å². The van der Waals surface area contributed by atoms with E-state index in [9.17, 15) is 4.79 Å². The summed E-state index contributed by atoms with van der Waals surface area (Å²) in [6, 6.07) is 23.5. The van der Waals surface area contributed by atoms with E-state index in [0.29, 0.717) is 5.13 Å². The number of aromatic nitrogens is 1. The zero-order valence-electron chi connectivity index (χ0n) is 15.8. The Bertz CT molecular complexity index is 1030. The van der Waals surface area contributed by atoms with E-state index in [1.165, 1.54) is 11.3 Å². The smallest absolute Gasteiger partial charge is 0.321 e. The normalized spacial score (nSPS) is 11.0. The van der Waals surface area contributed by atoms with Gasteiger partial charge in [-0.05, 0) is 36.1 Å². The number of thiazole rings is 1. The lowest BCUT2D eigenvalue weighted by atomic mass is 9.99. The largest absolute Gasteiger partial charge is 0.327 e. The number of hydrogen-bond acceptors (Lipinski definition) is 3. The molecule has 1 heterocycles. The lowest BCUT2D eigenvalue weighted by molar-refractivity contribution is 0.250. The minimum Gasteiger partial charge on any atom is -0.327 e. The van der Waals surface area contributed by atoms with E-state index in [1.54, 1.807) is 0 Å². The molecule has 4 aromatic rings. The molecule has 3 aromatic carbocycles. The Kier molecular flexibility index (Phi) is 5.08. The molecule has 0 fully saturated rings. The third kappa shape index (κ3) is 3.75. The van der Waals surface area contributed by atoms with E-state index in [-0.39, 0.29) is 12.1 Å². The summed E-state index contributed by atoms with van der Waals surface area (Å²) >= 11 is 1.50. The van der Waals surface area contributed by atoms with Gasteiger partial charge in [0.15, 0.2) is 5.13 Å². The van der Waals surface area contributed by atoms with Crippen LogP contribution >= 0.6 is 11.3 Å². The topological polar surface area (TPSA) is 54.0 Å². The van der Waals surface area contributed by atoms with Gasteiger partial charge in [-0.2, -0.15) is 0 Å². The standard InChI is InChI=1S/C23H21N3OS/c1-15-13-14-16(2)21-19(15)25-23(28-21)26-22(27)24-20(17-9-5-3-6-10-17)18-11-7-4-8-12-18/h3-14,20H,1-2H3,(H2,24,25,26,27). The van der Waals surface area contributed by atoms with Crippen molar-refractivity contribution in [2.45, 2.75) is 19.9 Å². The third-order valence-electron chi connectivity index (χ3n) is 4.70. The summed E-state index contributed by atoms with van der Waals surface area (Å²) in [5.41, 5.74) is 5.28. The second kappa shape index (κ2) is 7.82. The van der Waals surface area contributed by atoms with Crippen molar-refractivity contribution >= 4 is 32.7 Å². The van der Waals surface area contributed by atoms with E-state index < -0.39 is 0 Å². The van der Waals surface area contributed by atoms with Gasteiger partial charge in [0.25, 0.3) is 0 Å². The Hall–Kier alpha value is -3.18. The van der Waals surface area contributed by atoms with Crippen molar-refractivity contribution in [1.82, 2.24) is 10.3 Å². The molecule has 1 aromatic heterocycles. The molecular weight excluding hydrogens is 366 g/mol. The summed E-state index contributed by atoms with van der Waals surface area (Å²) < 4.78 is 1.11. The van der Waals surface area contributed by atoms with Crippen LogP contribution in [0.2, 0.25) is 0 Å². The minimum absolute atomic E-state index is 0.236. The molecule has 0 saturated carbocycles. The van der Waals surface area contributed by atoms with Crippen LogP contribution in [-0.2, 0) is 0 Å². The van der Waals surface area contributed by atoms with Crippen LogP contribution in [0, 0.1) is 13.8 Å². The third-order valence-corrected chi connectivity index (χ3v) is 5.81. The monoisotopic (exact) mass is 387 g/mol. The number of carbonyl (C=O) groups excluding carboxylic acids is 1. The van der Waals surface area contributed by atoms with Crippen LogP contribution in [0.1, 0.15) is 28.3 Å². The lowest BCUT2D eigenvalue weighted by Crippen LogP contribution is -2.33. The summed E-state index contributed by atoms with van der Waals surface area (Å²) in [5, 5.41) is 6.60. The summed E-state index contributed by atoms with van der Waals surface area (Å²) in [6.07, 6.45) is 0. The highest BCUT2D eigenvalue weighted by Gasteiger charge is 2.18. The first kappa shape index (κ1) is 18.2. The SMILES string of the molecule is Cc1ccc(C)c2sc(NC(=O)NC(c3ccccc3)c3ccccc3)nc12. The van der Waals surface area contributed by atoms with E-state index in [2.05, 4.69) is 34.7 Å². The van der Waals surface area contributed by atoms with Crippen LogP contribution in [-0.4, -0.2) is 11.0 Å². The number of carbonyl (C=O) groups is 1. The first-order valence-corrected chi connectivity index (χ1v) is 9.97. The summed E-state index contributed by atoms with van der Waals surface area (Å²) in [6.45, 7) is 4.09. The zero-order chi connectivity index (χ0) is 19.5. The fourth-order valence-electron chi connectivity index (χ4n) is 3.23. The first-order valence-electron chi connectivity index (χ1n) is 9.16. The molecule has 0 spiro atoms. The molecule has 0 aliphatic heterocycles. The minimum atomic E-state index is -0.271. The van der Waals surface area contributed by atoms with Crippen molar-refractivity contribution in [2.75, 3.05) is 5.32 Å². The quantitative estimate of drug-likeness (QED) is 0.463. The number of benzene rings is 3. The fourth-order valence-corrected chi connectivity index (χ4v) is 4.23. The Morgan fingerprint density at radius 3 is 2.00 bits per heavy atom. The number of urea groups is 1. The van der Waals surface area contributed by atoms with E-state index in [0.717, 1.165) is 32.5 Å². The zero-order valence-corrected chi connectivity index (χ0v) is 16.6. The second-order valence-corrected chi connectivity index (χ2v) is 7.75. The van der Waals surface area contributed by atoms with Gasteiger partial charge in [0.1, 0.15) is 0 Å². The van der Waals surface area contributed by atoms with Crippen molar-refractivity contribution in [3.63, 3.8) is 0 Å². The van der Waals surface area contributed by atoms with Gasteiger partial charge in [-0.1, -0.05) is 84.1 Å². The number of rotatable bonds is 4. The van der Waals surface area contributed by atoms with Gasteiger partial charge in [-0.3, -0.25) is 5.32 Å². The second-order valence-electron chi connectivity index (χ2n) is 6.75. The molecule has 4 nitrogen and oxygen atoms in total. The molecule has 0 unspecified atom stereocenters. The molecule has 0 atom stereocenters. The van der Waals surface area contributed by atoms with E-state index >= 15 is 0 Å². The first-order chi connectivity index (χ1) is 13.6. The maximum Gasteiger partial charge on any atom is 0.321 e. The molecule has 4 rings (SSSR count). The van der Waals surface area contributed by atoms with Crippen LogP contribution in [0.4, 0.5) is 9.93 Å². The Balaban J connectivity index is 1.59. The van der Waals surface area contributed by atoms with Crippen LogP contribution in [0.15, 0.2) is 72.8 Å². The molecule has 0 saturated heterocycles. The molecule has 0 radical (unpaired) electrons. The lowest BCUT2D eigenvalue weighted by Gasteiger charge is -2.19. The van der Waals surface area contributed by atoms with Gasteiger partial charge in [0.2, 0.25) is 0 Å². The Labute approximate surface area is 168 Å². The summed E-state index contributed by atoms with van der Waals surface area (Å²) in [5.74, 6) is 0. The number of hydrogen-bond donors (Lipinski definition) is 2. The average molecular weight is 388 g/mol. The van der Waals surface area contributed by atoms with Gasteiger partial charge in [-0.25, -0.2) is 9.78 Å². The molecule has 0 aliphatic rings. The maximum absolute atomic E-state index is 12.8. The van der Waals surface area contributed by atoms with Gasteiger partial charge in [0.05, 0.1) is 16.3 Å². The van der Waals surface area contributed by atoms with Crippen molar-refractivity contribution in [2.24, 2.45) is 0 Å². The van der Waals surface area contributed by atoms with Gasteiger partial charge in [-0.15, -0.1) is 0 Å². The molecule has 2 amide bonds. The number of nitrogens with zero attached hydrogens (tertiary/aromatic N) is 1. The van der Waals surface area contributed by atoms with Crippen LogP contribution in [0.25, 0.3) is 10.2 Å². The van der Waals surface area contributed by atoms with Gasteiger partial charge >= 0.3 is 6.03 Å².